The predicted octanol–water partition coefficient (Wildman–Crippen LogP) is 0.884. The normalized spacial score (nSPS) is 11.9. The Labute approximate surface area is 98.6 Å². The van der Waals surface area contributed by atoms with Crippen LogP contribution in [0.3, 0.4) is 0 Å². The van der Waals surface area contributed by atoms with Crippen molar-refractivity contribution in [3.8, 4) is 17.2 Å². The fourth-order valence-corrected chi connectivity index (χ4v) is 1.43. The smallest absolute Gasteiger partial charge is 0.305 e. The number of carbonyl (C=O) groups is 1. The maximum atomic E-state index is 10.6. The van der Waals surface area contributed by atoms with Crippen LogP contribution in [0.25, 0.3) is 0 Å². The summed E-state index contributed by atoms with van der Waals surface area (Å²) in [4.78, 5) is 10.6. The quantitative estimate of drug-likeness (QED) is 0.707. The maximum absolute atomic E-state index is 10.6. The zero-order chi connectivity index (χ0) is 13.0. The van der Waals surface area contributed by atoms with Gasteiger partial charge < -0.3 is 25.4 Å². The van der Waals surface area contributed by atoms with E-state index in [4.69, 9.17) is 20.3 Å². The van der Waals surface area contributed by atoms with Crippen molar-refractivity contribution < 1.29 is 24.5 Å². The molecule has 0 aliphatic carbocycles. The van der Waals surface area contributed by atoms with Crippen LogP contribution in [0.1, 0.15) is 18.0 Å². The van der Waals surface area contributed by atoms with E-state index in [1.54, 1.807) is 0 Å². The first-order valence-electron chi connectivity index (χ1n) is 4.91. The first kappa shape index (κ1) is 13.1. The number of carboxylic acids is 1. The number of carboxylic acid groups (broad SMARTS) is 1. The molecule has 94 valence electrons. The van der Waals surface area contributed by atoms with Gasteiger partial charge in [0.05, 0.1) is 20.6 Å². The van der Waals surface area contributed by atoms with Gasteiger partial charge >= 0.3 is 5.97 Å². The van der Waals surface area contributed by atoms with Crippen molar-refractivity contribution >= 4 is 5.97 Å². The Hall–Kier alpha value is -1.95. The molecule has 17 heavy (non-hydrogen) atoms. The molecule has 1 rings (SSSR count). The molecule has 1 aromatic rings. The van der Waals surface area contributed by atoms with Gasteiger partial charge in [0.25, 0.3) is 0 Å². The Balaban J connectivity index is 3.12. The van der Waals surface area contributed by atoms with Gasteiger partial charge in [-0.05, 0) is 17.7 Å². The number of phenolic OH excluding ortho intramolecular Hbond substituents is 1. The summed E-state index contributed by atoms with van der Waals surface area (Å²) in [5.74, 6) is -0.745. The van der Waals surface area contributed by atoms with E-state index in [9.17, 15) is 9.90 Å². The second-order valence-electron chi connectivity index (χ2n) is 3.48. The van der Waals surface area contributed by atoms with Gasteiger partial charge in [0.1, 0.15) is 0 Å². The summed E-state index contributed by atoms with van der Waals surface area (Å²) in [6.07, 6.45) is -0.211. The van der Waals surface area contributed by atoms with Crippen LogP contribution >= 0.6 is 0 Å². The van der Waals surface area contributed by atoms with Crippen LogP contribution in [0, 0.1) is 0 Å². The van der Waals surface area contributed by atoms with Gasteiger partial charge in [0.2, 0.25) is 5.75 Å². The highest BCUT2D eigenvalue weighted by molar-refractivity contribution is 5.68. The van der Waals surface area contributed by atoms with Crippen LogP contribution < -0.4 is 15.2 Å². The highest BCUT2D eigenvalue weighted by Crippen LogP contribution is 2.38. The number of nitrogens with two attached hydrogens (primary N) is 1. The van der Waals surface area contributed by atoms with Crippen LogP contribution in [0.15, 0.2) is 12.1 Å². The van der Waals surface area contributed by atoms with Crippen molar-refractivity contribution in [2.45, 2.75) is 12.5 Å². The van der Waals surface area contributed by atoms with Crippen LogP contribution in [0.4, 0.5) is 0 Å². The minimum atomic E-state index is -0.997. The lowest BCUT2D eigenvalue weighted by molar-refractivity contribution is -0.137. The third-order valence-electron chi connectivity index (χ3n) is 2.32. The highest BCUT2D eigenvalue weighted by atomic mass is 16.5. The van der Waals surface area contributed by atoms with E-state index in [1.165, 1.54) is 26.4 Å². The molecule has 0 aromatic heterocycles. The Kier molecular flexibility index (Phi) is 4.17. The predicted molar refractivity (Wildman–Crippen MR) is 60.4 cm³/mol. The van der Waals surface area contributed by atoms with E-state index in [-0.39, 0.29) is 23.7 Å². The molecule has 0 bridgehead atoms. The number of aromatic hydroxyl groups is 1. The lowest BCUT2D eigenvalue weighted by Crippen LogP contribution is -2.15. The molecular weight excluding hydrogens is 226 g/mol. The number of ether oxygens (including phenoxy) is 2. The van der Waals surface area contributed by atoms with E-state index in [0.717, 1.165) is 0 Å². The van der Waals surface area contributed by atoms with Gasteiger partial charge in [-0.25, -0.2) is 0 Å². The third kappa shape index (κ3) is 3.01. The average Bonchev–Trinajstić information content (AvgIpc) is 2.28. The molecule has 4 N–H and O–H groups in total. The van der Waals surface area contributed by atoms with Gasteiger partial charge in [0, 0.05) is 6.04 Å². The molecule has 0 radical (unpaired) electrons. The SMILES string of the molecule is COc1cc(C(N)CC(=O)O)cc(OC)c1O. The standard InChI is InChI=1S/C11H15NO5/c1-16-8-3-6(7(12)5-10(13)14)4-9(17-2)11(8)15/h3-4,7,15H,5,12H2,1-2H3,(H,13,14). The van der Waals surface area contributed by atoms with E-state index in [1.807, 2.05) is 0 Å². The van der Waals surface area contributed by atoms with Crippen LogP contribution in [0.5, 0.6) is 17.2 Å². The Morgan fingerprint density at radius 2 is 1.82 bits per heavy atom. The van der Waals surface area contributed by atoms with Gasteiger partial charge in [-0.3, -0.25) is 4.79 Å². The molecule has 6 heteroatoms. The minimum Gasteiger partial charge on any atom is -0.502 e. The molecule has 0 aliphatic rings. The Bertz CT molecular complexity index is 393. The van der Waals surface area contributed by atoms with Crippen molar-refractivity contribution in [1.29, 1.82) is 0 Å². The second-order valence-corrected chi connectivity index (χ2v) is 3.48. The Morgan fingerprint density at radius 3 is 2.18 bits per heavy atom. The molecule has 0 saturated carbocycles. The largest absolute Gasteiger partial charge is 0.502 e. The lowest BCUT2D eigenvalue weighted by Gasteiger charge is -2.14. The zero-order valence-corrected chi connectivity index (χ0v) is 9.64. The van der Waals surface area contributed by atoms with Crippen LogP contribution in [-0.4, -0.2) is 30.4 Å². The van der Waals surface area contributed by atoms with E-state index in [2.05, 4.69) is 0 Å². The molecule has 1 atom stereocenters. The number of methoxy groups -OCH3 is 2. The summed E-state index contributed by atoms with van der Waals surface area (Å²) in [6, 6.07) is 2.30. The second kappa shape index (κ2) is 5.40. The molecule has 0 aliphatic heterocycles. The van der Waals surface area contributed by atoms with E-state index < -0.39 is 12.0 Å². The van der Waals surface area contributed by atoms with E-state index in [0.29, 0.717) is 5.56 Å². The van der Waals surface area contributed by atoms with E-state index >= 15 is 0 Å². The summed E-state index contributed by atoms with van der Waals surface area (Å²) < 4.78 is 9.90. The fraction of sp³-hybridized carbons (Fsp3) is 0.364. The summed E-state index contributed by atoms with van der Waals surface area (Å²) in [7, 11) is 2.78. The molecule has 0 amide bonds. The molecule has 6 nitrogen and oxygen atoms in total. The number of benzene rings is 1. The number of rotatable bonds is 5. The lowest BCUT2D eigenvalue weighted by atomic mass is 10.0. The average molecular weight is 241 g/mol. The van der Waals surface area contributed by atoms with Crippen molar-refractivity contribution in [2.24, 2.45) is 5.73 Å². The molecule has 0 saturated heterocycles. The van der Waals surface area contributed by atoms with Crippen molar-refractivity contribution in [1.82, 2.24) is 0 Å². The van der Waals surface area contributed by atoms with Gasteiger partial charge in [-0.2, -0.15) is 0 Å². The van der Waals surface area contributed by atoms with Crippen LogP contribution in [-0.2, 0) is 4.79 Å². The van der Waals surface area contributed by atoms with Gasteiger partial charge in [-0.1, -0.05) is 0 Å². The molecule has 0 fully saturated rings. The third-order valence-corrected chi connectivity index (χ3v) is 2.32. The summed E-state index contributed by atoms with van der Waals surface area (Å²) >= 11 is 0. The number of phenols is 1. The first-order chi connectivity index (χ1) is 7.99. The fourth-order valence-electron chi connectivity index (χ4n) is 1.43. The van der Waals surface area contributed by atoms with Crippen molar-refractivity contribution in [3.05, 3.63) is 17.7 Å². The summed E-state index contributed by atoms with van der Waals surface area (Å²) in [5.41, 5.74) is 6.25. The highest BCUT2D eigenvalue weighted by Gasteiger charge is 2.17. The zero-order valence-electron chi connectivity index (χ0n) is 9.64. The first-order valence-corrected chi connectivity index (χ1v) is 4.91. The van der Waals surface area contributed by atoms with Crippen LogP contribution in [0.2, 0.25) is 0 Å². The van der Waals surface area contributed by atoms with Gasteiger partial charge in [-0.15, -0.1) is 0 Å². The molecule has 1 aromatic carbocycles. The number of aliphatic carboxylic acids is 1. The summed E-state index contributed by atoms with van der Waals surface area (Å²) in [5, 5.41) is 18.3. The van der Waals surface area contributed by atoms with Crippen molar-refractivity contribution in [2.75, 3.05) is 14.2 Å². The van der Waals surface area contributed by atoms with Gasteiger partial charge in [0.15, 0.2) is 11.5 Å². The molecule has 0 heterocycles. The minimum absolute atomic E-state index is 0.138. The summed E-state index contributed by atoms with van der Waals surface area (Å²) in [6.45, 7) is 0. The maximum Gasteiger partial charge on any atom is 0.305 e. The molecule has 1 unspecified atom stereocenters. The monoisotopic (exact) mass is 241 g/mol. The number of hydrogen-bond acceptors (Lipinski definition) is 5. The number of hydrogen-bond donors (Lipinski definition) is 3. The topological polar surface area (TPSA) is 102 Å². The molecular formula is C11H15NO5. The molecule has 0 spiro atoms. The van der Waals surface area contributed by atoms with Crippen molar-refractivity contribution in [3.63, 3.8) is 0 Å². The Morgan fingerprint density at radius 1 is 1.35 bits per heavy atom.